The SMILES string of the molecule is COc1cc(NC(C)=O)c(Cl)cc1C(=O)Nc1nnc(C2CC(=O)N(c3ccccc3)C2)s1. The van der Waals surface area contributed by atoms with Gasteiger partial charge in [-0.05, 0) is 18.2 Å². The van der Waals surface area contributed by atoms with Gasteiger partial charge in [-0.2, -0.15) is 0 Å². The molecule has 11 heteroatoms. The first kappa shape index (κ1) is 22.7. The van der Waals surface area contributed by atoms with E-state index in [0.29, 0.717) is 28.8 Å². The van der Waals surface area contributed by atoms with Crippen molar-refractivity contribution in [1.82, 2.24) is 10.2 Å². The quantitative estimate of drug-likeness (QED) is 0.547. The average Bonchev–Trinajstić information content (AvgIpc) is 3.41. The Bertz CT molecular complexity index is 1220. The zero-order valence-corrected chi connectivity index (χ0v) is 19.4. The van der Waals surface area contributed by atoms with Crippen LogP contribution in [0.1, 0.15) is 34.6 Å². The first-order valence-electron chi connectivity index (χ1n) is 10.0. The van der Waals surface area contributed by atoms with Gasteiger partial charge in [0.25, 0.3) is 5.91 Å². The fourth-order valence-electron chi connectivity index (χ4n) is 3.53. The van der Waals surface area contributed by atoms with Crippen LogP contribution in [0.4, 0.5) is 16.5 Å². The molecule has 0 aliphatic carbocycles. The number of hydrogen-bond acceptors (Lipinski definition) is 7. The fourth-order valence-corrected chi connectivity index (χ4v) is 4.57. The molecule has 1 aliphatic heterocycles. The molecule has 1 aromatic heterocycles. The van der Waals surface area contributed by atoms with E-state index < -0.39 is 5.91 Å². The molecule has 1 aliphatic rings. The summed E-state index contributed by atoms with van der Waals surface area (Å²) in [5, 5.41) is 14.7. The number of para-hydroxylation sites is 1. The van der Waals surface area contributed by atoms with E-state index in [4.69, 9.17) is 16.3 Å². The highest BCUT2D eigenvalue weighted by molar-refractivity contribution is 7.15. The van der Waals surface area contributed by atoms with Crippen molar-refractivity contribution >= 4 is 57.2 Å². The molecule has 33 heavy (non-hydrogen) atoms. The Labute approximate surface area is 198 Å². The standard InChI is InChI=1S/C22H20ClN5O4S/c1-12(29)24-17-10-18(32-2)15(9-16(17)23)20(31)25-22-27-26-21(33-22)13-8-19(30)28(11-13)14-6-4-3-5-7-14/h3-7,9-10,13H,8,11H2,1-2H3,(H,24,29)(H,25,27,31). The Morgan fingerprint density at radius 2 is 1.94 bits per heavy atom. The van der Waals surface area contributed by atoms with Crippen LogP contribution in [0.3, 0.4) is 0 Å². The maximum Gasteiger partial charge on any atom is 0.261 e. The van der Waals surface area contributed by atoms with Gasteiger partial charge in [-0.25, -0.2) is 0 Å². The van der Waals surface area contributed by atoms with Gasteiger partial charge in [-0.1, -0.05) is 41.1 Å². The Morgan fingerprint density at radius 3 is 2.64 bits per heavy atom. The number of ether oxygens (including phenoxy) is 1. The maximum absolute atomic E-state index is 12.8. The third kappa shape index (κ3) is 4.96. The van der Waals surface area contributed by atoms with Crippen molar-refractivity contribution in [3.63, 3.8) is 0 Å². The molecule has 2 heterocycles. The van der Waals surface area contributed by atoms with Crippen molar-refractivity contribution in [3.05, 3.63) is 58.1 Å². The Hall–Kier alpha value is -3.50. The molecule has 4 rings (SSSR count). The molecule has 9 nitrogen and oxygen atoms in total. The van der Waals surface area contributed by atoms with Crippen LogP contribution in [0.25, 0.3) is 0 Å². The van der Waals surface area contributed by atoms with Gasteiger partial charge in [0.05, 0.1) is 23.4 Å². The smallest absolute Gasteiger partial charge is 0.261 e. The number of amides is 3. The van der Waals surface area contributed by atoms with E-state index in [9.17, 15) is 14.4 Å². The van der Waals surface area contributed by atoms with Crippen LogP contribution < -0.4 is 20.3 Å². The molecule has 1 atom stereocenters. The second-order valence-corrected chi connectivity index (χ2v) is 8.77. The predicted molar refractivity (Wildman–Crippen MR) is 126 cm³/mol. The van der Waals surface area contributed by atoms with E-state index in [1.807, 2.05) is 30.3 Å². The Morgan fingerprint density at radius 1 is 1.18 bits per heavy atom. The molecule has 2 aromatic carbocycles. The summed E-state index contributed by atoms with van der Waals surface area (Å²) in [4.78, 5) is 38.4. The first-order chi connectivity index (χ1) is 15.9. The minimum Gasteiger partial charge on any atom is -0.496 e. The molecule has 0 radical (unpaired) electrons. The summed E-state index contributed by atoms with van der Waals surface area (Å²) in [5.41, 5.74) is 1.36. The minimum atomic E-state index is -0.487. The van der Waals surface area contributed by atoms with E-state index >= 15 is 0 Å². The van der Waals surface area contributed by atoms with Gasteiger partial charge in [0.15, 0.2) is 0 Å². The zero-order chi connectivity index (χ0) is 23.5. The lowest BCUT2D eigenvalue weighted by molar-refractivity contribution is -0.117. The lowest BCUT2D eigenvalue weighted by Gasteiger charge is -2.15. The molecule has 0 spiro atoms. The van der Waals surface area contributed by atoms with Crippen molar-refractivity contribution in [3.8, 4) is 5.75 Å². The normalized spacial score (nSPS) is 15.4. The number of nitrogens with one attached hydrogen (secondary N) is 2. The lowest BCUT2D eigenvalue weighted by atomic mass is 10.1. The number of carbonyl (C=O) groups excluding carboxylic acids is 3. The molecule has 0 bridgehead atoms. The molecule has 170 valence electrons. The van der Waals surface area contributed by atoms with Crippen LogP contribution in [-0.4, -0.2) is 41.6 Å². The number of benzene rings is 2. The van der Waals surface area contributed by atoms with Crippen molar-refractivity contribution < 1.29 is 19.1 Å². The highest BCUT2D eigenvalue weighted by Gasteiger charge is 2.34. The van der Waals surface area contributed by atoms with Crippen molar-refractivity contribution in [2.45, 2.75) is 19.3 Å². The molecular formula is C22H20ClN5O4S. The summed E-state index contributed by atoms with van der Waals surface area (Å²) in [5.74, 6) is -0.634. The van der Waals surface area contributed by atoms with Crippen molar-refractivity contribution in [1.29, 1.82) is 0 Å². The Balaban J connectivity index is 1.48. The van der Waals surface area contributed by atoms with Crippen LogP contribution in [0, 0.1) is 0 Å². The van der Waals surface area contributed by atoms with E-state index in [1.54, 1.807) is 4.90 Å². The summed E-state index contributed by atoms with van der Waals surface area (Å²) < 4.78 is 5.29. The minimum absolute atomic E-state index is 0.0191. The molecule has 3 amide bonds. The van der Waals surface area contributed by atoms with Crippen molar-refractivity contribution in [2.24, 2.45) is 0 Å². The van der Waals surface area contributed by atoms with Gasteiger partial charge in [0.1, 0.15) is 10.8 Å². The number of rotatable bonds is 6. The highest BCUT2D eigenvalue weighted by atomic mass is 35.5. The van der Waals surface area contributed by atoms with Gasteiger partial charge >= 0.3 is 0 Å². The Kier molecular flexibility index (Phi) is 6.57. The van der Waals surface area contributed by atoms with Crippen molar-refractivity contribution in [2.75, 3.05) is 29.2 Å². The predicted octanol–water partition coefficient (Wildman–Crippen LogP) is 3.93. The van der Waals surface area contributed by atoms with Gasteiger partial charge < -0.3 is 15.0 Å². The van der Waals surface area contributed by atoms with Gasteiger partial charge in [-0.3, -0.25) is 19.7 Å². The molecule has 1 fully saturated rings. The second kappa shape index (κ2) is 9.55. The second-order valence-electron chi connectivity index (χ2n) is 7.35. The van der Waals surface area contributed by atoms with E-state index in [-0.39, 0.29) is 34.1 Å². The zero-order valence-electron chi connectivity index (χ0n) is 17.8. The molecular weight excluding hydrogens is 466 g/mol. The molecule has 1 saturated heterocycles. The number of nitrogens with zero attached hydrogens (tertiary/aromatic N) is 3. The van der Waals surface area contributed by atoms with Crippen LogP contribution in [-0.2, 0) is 9.59 Å². The van der Waals surface area contributed by atoms with Crippen LogP contribution in [0.5, 0.6) is 5.75 Å². The topological polar surface area (TPSA) is 114 Å². The number of carbonyl (C=O) groups is 3. The summed E-state index contributed by atoms with van der Waals surface area (Å²) in [6, 6.07) is 12.3. The third-order valence-corrected chi connectivity index (χ3v) is 6.36. The van der Waals surface area contributed by atoms with E-state index in [2.05, 4.69) is 20.8 Å². The van der Waals surface area contributed by atoms with Gasteiger partial charge in [-0.15, -0.1) is 10.2 Å². The maximum atomic E-state index is 12.8. The van der Waals surface area contributed by atoms with Gasteiger partial charge in [0.2, 0.25) is 16.9 Å². The summed E-state index contributed by atoms with van der Waals surface area (Å²) >= 11 is 7.42. The summed E-state index contributed by atoms with van der Waals surface area (Å²) in [7, 11) is 1.41. The fraction of sp³-hybridized carbons (Fsp3) is 0.227. The molecule has 0 saturated carbocycles. The first-order valence-corrected chi connectivity index (χ1v) is 11.2. The monoisotopic (exact) mass is 485 g/mol. The third-order valence-electron chi connectivity index (χ3n) is 5.05. The largest absolute Gasteiger partial charge is 0.496 e. The number of aromatic nitrogens is 2. The molecule has 1 unspecified atom stereocenters. The number of halogens is 1. The van der Waals surface area contributed by atoms with E-state index in [1.165, 1.54) is 37.5 Å². The highest BCUT2D eigenvalue weighted by Crippen LogP contribution is 2.35. The van der Waals surface area contributed by atoms with Crippen LogP contribution in [0.15, 0.2) is 42.5 Å². The number of hydrogen-bond donors (Lipinski definition) is 2. The molecule has 2 N–H and O–H groups in total. The summed E-state index contributed by atoms with van der Waals surface area (Å²) in [6.45, 7) is 1.85. The lowest BCUT2D eigenvalue weighted by Crippen LogP contribution is -2.24. The molecule has 3 aromatic rings. The number of anilines is 3. The average molecular weight is 486 g/mol. The van der Waals surface area contributed by atoms with E-state index in [0.717, 1.165) is 5.69 Å². The van der Waals surface area contributed by atoms with Crippen LogP contribution >= 0.6 is 22.9 Å². The van der Waals surface area contributed by atoms with Crippen LogP contribution in [0.2, 0.25) is 5.02 Å². The van der Waals surface area contributed by atoms with Gasteiger partial charge in [0, 0.05) is 37.6 Å². The summed E-state index contributed by atoms with van der Waals surface area (Å²) in [6.07, 6.45) is 0.325. The number of methoxy groups -OCH3 is 1.